The fraction of sp³-hybridized carbons (Fsp3) is 0.300. The fourth-order valence-electron chi connectivity index (χ4n) is 1.20. The van der Waals surface area contributed by atoms with Crippen molar-refractivity contribution in [2.75, 3.05) is 20.0 Å². The van der Waals surface area contributed by atoms with Crippen LogP contribution in [-0.2, 0) is 0 Å². The van der Waals surface area contributed by atoms with Crippen LogP contribution in [0.15, 0.2) is 12.1 Å². The maximum atomic E-state index is 11.2. The lowest BCUT2D eigenvalue weighted by atomic mass is 10.1. The van der Waals surface area contributed by atoms with E-state index in [1.807, 2.05) is 0 Å². The van der Waals surface area contributed by atoms with Gasteiger partial charge in [0.15, 0.2) is 17.3 Å². The minimum Gasteiger partial charge on any atom is -0.493 e. The molecule has 14 heavy (non-hydrogen) atoms. The van der Waals surface area contributed by atoms with Gasteiger partial charge in [-0.15, -0.1) is 0 Å². The van der Waals surface area contributed by atoms with E-state index in [4.69, 9.17) is 15.2 Å². The van der Waals surface area contributed by atoms with Crippen LogP contribution in [0.5, 0.6) is 11.5 Å². The third-order valence-corrected chi connectivity index (χ3v) is 1.94. The molecule has 0 fully saturated rings. The molecule has 0 radical (unpaired) electrons. The summed E-state index contributed by atoms with van der Waals surface area (Å²) in [7, 11) is 3.03. The number of methoxy groups -OCH3 is 2. The summed E-state index contributed by atoms with van der Waals surface area (Å²) in [6.07, 6.45) is 0. The Bertz CT molecular complexity index is 361. The van der Waals surface area contributed by atoms with Crippen LogP contribution < -0.4 is 15.2 Å². The van der Waals surface area contributed by atoms with Gasteiger partial charge in [-0.2, -0.15) is 0 Å². The molecular formula is C10H13NO3. The Morgan fingerprint density at radius 3 is 2.14 bits per heavy atom. The van der Waals surface area contributed by atoms with E-state index in [2.05, 4.69) is 0 Å². The van der Waals surface area contributed by atoms with Crippen molar-refractivity contribution in [2.24, 2.45) is 0 Å². The summed E-state index contributed by atoms with van der Waals surface area (Å²) in [5.41, 5.74) is 6.51. The molecule has 0 saturated carbocycles. The Kier molecular flexibility index (Phi) is 2.96. The van der Waals surface area contributed by atoms with E-state index in [9.17, 15) is 4.79 Å². The molecule has 0 aliphatic rings. The van der Waals surface area contributed by atoms with Gasteiger partial charge in [-0.3, -0.25) is 4.79 Å². The Balaban J connectivity index is 3.30. The first-order chi connectivity index (χ1) is 6.60. The van der Waals surface area contributed by atoms with Crippen LogP contribution in [0.4, 0.5) is 5.69 Å². The number of nitrogens with two attached hydrogens (primary N) is 1. The average molecular weight is 195 g/mol. The lowest BCUT2D eigenvalue weighted by Crippen LogP contribution is -2.02. The summed E-state index contributed by atoms with van der Waals surface area (Å²) < 4.78 is 10.1. The van der Waals surface area contributed by atoms with Crippen molar-refractivity contribution in [1.29, 1.82) is 0 Å². The number of hydrogen-bond acceptors (Lipinski definition) is 4. The number of ether oxygens (including phenoxy) is 2. The third kappa shape index (κ3) is 1.79. The van der Waals surface area contributed by atoms with Crippen LogP contribution in [0.3, 0.4) is 0 Å². The van der Waals surface area contributed by atoms with Crippen molar-refractivity contribution in [2.45, 2.75) is 6.92 Å². The molecule has 0 amide bonds. The number of carbonyl (C=O) groups is 1. The number of rotatable bonds is 3. The van der Waals surface area contributed by atoms with Crippen LogP contribution >= 0.6 is 0 Å². The highest BCUT2D eigenvalue weighted by Crippen LogP contribution is 2.31. The van der Waals surface area contributed by atoms with E-state index in [0.29, 0.717) is 22.7 Å². The van der Waals surface area contributed by atoms with Gasteiger partial charge < -0.3 is 15.2 Å². The number of nitrogen functional groups attached to an aromatic ring is 1. The third-order valence-electron chi connectivity index (χ3n) is 1.94. The molecule has 76 valence electrons. The highest BCUT2D eigenvalue weighted by Gasteiger charge is 2.11. The van der Waals surface area contributed by atoms with E-state index in [1.165, 1.54) is 21.1 Å². The second-order valence-corrected chi connectivity index (χ2v) is 2.85. The van der Waals surface area contributed by atoms with Crippen LogP contribution in [0.2, 0.25) is 0 Å². The van der Waals surface area contributed by atoms with Gasteiger partial charge >= 0.3 is 0 Å². The Hall–Kier alpha value is -1.71. The summed E-state index contributed by atoms with van der Waals surface area (Å²) in [6, 6.07) is 3.16. The molecule has 4 heteroatoms. The smallest absolute Gasteiger partial charge is 0.162 e. The molecule has 0 saturated heterocycles. The van der Waals surface area contributed by atoms with Crippen molar-refractivity contribution in [3.8, 4) is 11.5 Å². The van der Waals surface area contributed by atoms with Gasteiger partial charge in [-0.1, -0.05) is 0 Å². The molecule has 0 atom stereocenters. The van der Waals surface area contributed by atoms with Gasteiger partial charge in [-0.25, -0.2) is 0 Å². The Morgan fingerprint density at radius 1 is 1.21 bits per heavy atom. The number of ketones is 1. The lowest BCUT2D eigenvalue weighted by molar-refractivity contribution is 0.101. The van der Waals surface area contributed by atoms with Gasteiger partial charge in [0.25, 0.3) is 0 Å². The van der Waals surface area contributed by atoms with E-state index in [-0.39, 0.29) is 5.78 Å². The van der Waals surface area contributed by atoms with E-state index < -0.39 is 0 Å². The number of benzene rings is 1. The predicted octanol–water partition coefficient (Wildman–Crippen LogP) is 1.49. The summed E-state index contributed by atoms with van der Waals surface area (Å²) in [5.74, 6) is 0.936. The first-order valence-electron chi connectivity index (χ1n) is 4.12. The zero-order chi connectivity index (χ0) is 10.7. The molecule has 0 aromatic heterocycles. The van der Waals surface area contributed by atoms with Crippen molar-refractivity contribution in [3.05, 3.63) is 17.7 Å². The molecule has 0 aliphatic heterocycles. The molecule has 0 aliphatic carbocycles. The quantitative estimate of drug-likeness (QED) is 0.586. The fourth-order valence-corrected chi connectivity index (χ4v) is 1.20. The maximum Gasteiger partial charge on any atom is 0.162 e. The van der Waals surface area contributed by atoms with E-state index in [0.717, 1.165) is 0 Å². The largest absolute Gasteiger partial charge is 0.493 e. The molecule has 1 rings (SSSR count). The van der Waals surface area contributed by atoms with Gasteiger partial charge in [0, 0.05) is 17.3 Å². The van der Waals surface area contributed by atoms with Gasteiger partial charge in [0.1, 0.15) is 0 Å². The van der Waals surface area contributed by atoms with Crippen molar-refractivity contribution in [1.82, 2.24) is 0 Å². The summed E-state index contributed by atoms with van der Waals surface area (Å²) in [6.45, 7) is 1.46. The van der Waals surface area contributed by atoms with Crippen molar-refractivity contribution < 1.29 is 14.3 Å². The van der Waals surface area contributed by atoms with Crippen molar-refractivity contribution >= 4 is 11.5 Å². The van der Waals surface area contributed by atoms with Crippen molar-refractivity contribution in [3.63, 3.8) is 0 Å². The number of anilines is 1. The monoisotopic (exact) mass is 195 g/mol. The standard InChI is InChI=1S/C10H13NO3/c1-6(12)7-4-9(13-2)10(14-3)5-8(7)11/h4-5H,11H2,1-3H3. The lowest BCUT2D eigenvalue weighted by Gasteiger charge is -2.10. The second-order valence-electron chi connectivity index (χ2n) is 2.85. The van der Waals surface area contributed by atoms with Crippen LogP contribution in [0, 0.1) is 0 Å². The Morgan fingerprint density at radius 2 is 1.71 bits per heavy atom. The SMILES string of the molecule is COc1cc(N)c(C(C)=O)cc1OC. The van der Waals surface area contributed by atoms with Crippen LogP contribution in [0.1, 0.15) is 17.3 Å². The van der Waals surface area contributed by atoms with Gasteiger partial charge in [-0.05, 0) is 13.0 Å². The normalized spacial score (nSPS) is 9.64. The minimum absolute atomic E-state index is 0.0940. The molecule has 1 aromatic rings. The number of hydrogen-bond donors (Lipinski definition) is 1. The first-order valence-corrected chi connectivity index (χ1v) is 4.12. The molecule has 0 spiro atoms. The highest BCUT2D eigenvalue weighted by atomic mass is 16.5. The zero-order valence-electron chi connectivity index (χ0n) is 8.46. The molecule has 0 unspecified atom stereocenters. The number of carbonyl (C=O) groups excluding carboxylic acids is 1. The Labute approximate surface area is 82.6 Å². The summed E-state index contributed by atoms with van der Waals surface area (Å²) in [5, 5.41) is 0. The molecule has 4 nitrogen and oxygen atoms in total. The average Bonchev–Trinajstić information content (AvgIpc) is 2.16. The maximum absolute atomic E-state index is 11.2. The summed E-state index contributed by atoms with van der Waals surface area (Å²) >= 11 is 0. The topological polar surface area (TPSA) is 61.5 Å². The zero-order valence-corrected chi connectivity index (χ0v) is 8.46. The molecular weight excluding hydrogens is 182 g/mol. The highest BCUT2D eigenvalue weighted by molar-refractivity contribution is 5.99. The molecule has 0 heterocycles. The minimum atomic E-state index is -0.0940. The van der Waals surface area contributed by atoms with Crippen LogP contribution in [0.25, 0.3) is 0 Å². The molecule has 1 aromatic carbocycles. The van der Waals surface area contributed by atoms with E-state index >= 15 is 0 Å². The first kappa shape index (κ1) is 10.4. The van der Waals surface area contributed by atoms with E-state index in [1.54, 1.807) is 12.1 Å². The van der Waals surface area contributed by atoms with Gasteiger partial charge in [0.05, 0.1) is 14.2 Å². The molecule has 0 bridgehead atoms. The number of Topliss-reactive ketones (excluding diaryl/α,β-unsaturated/α-hetero) is 1. The molecule has 2 N–H and O–H groups in total. The van der Waals surface area contributed by atoms with Gasteiger partial charge in [0.2, 0.25) is 0 Å². The van der Waals surface area contributed by atoms with Crippen LogP contribution in [-0.4, -0.2) is 20.0 Å². The second kappa shape index (κ2) is 4.00. The predicted molar refractivity (Wildman–Crippen MR) is 54.0 cm³/mol. The summed E-state index contributed by atoms with van der Waals surface area (Å²) in [4.78, 5) is 11.2.